The average Bonchev–Trinajstić information content (AvgIpc) is 2.75. The Morgan fingerprint density at radius 1 is 1.03 bits per heavy atom. The molecule has 0 atom stereocenters. The number of ether oxygens (including phenoxy) is 3. The van der Waals surface area contributed by atoms with E-state index in [1.165, 1.54) is 14.2 Å². The molecule has 0 fully saturated rings. The number of amides is 1. The summed E-state index contributed by atoms with van der Waals surface area (Å²) in [5, 5.41) is 6.00. The highest BCUT2D eigenvalue weighted by Crippen LogP contribution is 2.41. The predicted molar refractivity (Wildman–Crippen MR) is 113 cm³/mol. The molecule has 0 radical (unpaired) electrons. The van der Waals surface area contributed by atoms with Gasteiger partial charge in [-0.15, -0.1) is 0 Å². The standard InChI is InChI=1S/C21H30N4O4/c1-8-14(9-2)24-19-21(29-7)25-18(12(3)23-19)17-15(27-5)10-13(20(26)22-4)11-16(17)28-6/h10-11,14H,8-9H2,1-7H3,(H,22,26)(H,23,24). The molecule has 0 aliphatic carbocycles. The number of nitrogens with one attached hydrogen (secondary N) is 2. The highest BCUT2D eigenvalue weighted by molar-refractivity contribution is 5.96. The van der Waals surface area contributed by atoms with E-state index in [2.05, 4.69) is 29.5 Å². The molecule has 0 saturated carbocycles. The van der Waals surface area contributed by atoms with Crippen molar-refractivity contribution in [3.8, 4) is 28.6 Å². The van der Waals surface area contributed by atoms with Crippen molar-refractivity contribution in [2.45, 2.75) is 39.7 Å². The van der Waals surface area contributed by atoms with Crippen LogP contribution in [0.5, 0.6) is 17.4 Å². The Balaban J connectivity index is 2.66. The predicted octanol–water partition coefficient (Wildman–Crippen LogP) is 3.44. The number of rotatable bonds is 9. The maximum Gasteiger partial charge on any atom is 0.257 e. The van der Waals surface area contributed by atoms with Crippen molar-refractivity contribution in [2.24, 2.45) is 0 Å². The van der Waals surface area contributed by atoms with Gasteiger partial charge in [-0.2, -0.15) is 0 Å². The molecule has 2 rings (SSSR count). The van der Waals surface area contributed by atoms with Gasteiger partial charge in [-0.25, -0.2) is 9.97 Å². The summed E-state index contributed by atoms with van der Waals surface area (Å²) in [6, 6.07) is 3.58. The minimum atomic E-state index is -0.238. The van der Waals surface area contributed by atoms with E-state index >= 15 is 0 Å². The van der Waals surface area contributed by atoms with E-state index < -0.39 is 0 Å². The van der Waals surface area contributed by atoms with Gasteiger partial charge in [0.25, 0.3) is 11.8 Å². The van der Waals surface area contributed by atoms with Gasteiger partial charge in [-0.05, 0) is 31.9 Å². The summed E-state index contributed by atoms with van der Waals surface area (Å²) in [5.41, 5.74) is 2.28. The van der Waals surface area contributed by atoms with Crippen LogP contribution in [0.2, 0.25) is 0 Å². The largest absolute Gasteiger partial charge is 0.496 e. The van der Waals surface area contributed by atoms with Crippen LogP contribution in [0.1, 0.15) is 42.7 Å². The van der Waals surface area contributed by atoms with Gasteiger partial charge in [0.05, 0.1) is 32.6 Å². The molecule has 1 heterocycles. The first kappa shape index (κ1) is 22.3. The van der Waals surface area contributed by atoms with Crippen molar-refractivity contribution in [2.75, 3.05) is 33.7 Å². The lowest BCUT2D eigenvalue weighted by Crippen LogP contribution is -2.19. The third kappa shape index (κ3) is 4.70. The van der Waals surface area contributed by atoms with E-state index in [4.69, 9.17) is 19.2 Å². The first-order valence-corrected chi connectivity index (χ1v) is 9.61. The summed E-state index contributed by atoms with van der Waals surface area (Å²) in [6.45, 7) is 6.10. The molecule has 29 heavy (non-hydrogen) atoms. The Kier molecular flexibility index (Phi) is 7.64. The SMILES string of the molecule is CCC(CC)Nc1nc(C)c(-c2c(OC)cc(C(=O)NC)cc2OC)nc1OC. The first-order valence-electron chi connectivity index (χ1n) is 9.61. The van der Waals surface area contributed by atoms with E-state index in [1.807, 2.05) is 6.92 Å². The Hall–Kier alpha value is -3.03. The van der Waals surface area contributed by atoms with Crippen LogP contribution in [0.3, 0.4) is 0 Å². The van der Waals surface area contributed by atoms with E-state index in [1.54, 1.807) is 26.3 Å². The second-order valence-electron chi connectivity index (χ2n) is 6.51. The third-order valence-corrected chi connectivity index (χ3v) is 4.79. The van der Waals surface area contributed by atoms with Crippen molar-refractivity contribution in [3.05, 3.63) is 23.4 Å². The summed E-state index contributed by atoms with van der Waals surface area (Å²) in [7, 11) is 6.20. The molecule has 0 aliphatic rings. The molecule has 8 heteroatoms. The Morgan fingerprint density at radius 3 is 2.07 bits per heavy atom. The van der Waals surface area contributed by atoms with Crippen LogP contribution in [0.4, 0.5) is 5.82 Å². The maximum absolute atomic E-state index is 12.1. The number of benzene rings is 1. The van der Waals surface area contributed by atoms with Gasteiger partial charge in [-0.3, -0.25) is 4.79 Å². The fourth-order valence-corrected chi connectivity index (χ4v) is 3.08. The molecular weight excluding hydrogens is 372 g/mol. The highest BCUT2D eigenvalue weighted by Gasteiger charge is 2.23. The molecular formula is C21H30N4O4. The second-order valence-corrected chi connectivity index (χ2v) is 6.51. The lowest BCUT2D eigenvalue weighted by molar-refractivity contribution is 0.0962. The van der Waals surface area contributed by atoms with Gasteiger partial charge in [0.1, 0.15) is 17.2 Å². The lowest BCUT2D eigenvalue weighted by Gasteiger charge is -2.20. The topological polar surface area (TPSA) is 94.6 Å². The second kappa shape index (κ2) is 9.95. The molecule has 0 saturated heterocycles. The molecule has 8 nitrogen and oxygen atoms in total. The normalized spacial score (nSPS) is 10.6. The number of aromatic nitrogens is 2. The lowest BCUT2D eigenvalue weighted by atomic mass is 10.0. The number of nitrogens with zero attached hydrogens (tertiary/aromatic N) is 2. The third-order valence-electron chi connectivity index (χ3n) is 4.79. The minimum absolute atomic E-state index is 0.238. The number of methoxy groups -OCH3 is 3. The van der Waals surface area contributed by atoms with Crippen molar-refractivity contribution < 1.29 is 19.0 Å². The number of anilines is 1. The molecule has 0 aliphatic heterocycles. The minimum Gasteiger partial charge on any atom is -0.496 e. The monoisotopic (exact) mass is 402 g/mol. The van der Waals surface area contributed by atoms with E-state index in [9.17, 15) is 4.79 Å². The van der Waals surface area contributed by atoms with Crippen molar-refractivity contribution in [1.82, 2.24) is 15.3 Å². The zero-order valence-corrected chi connectivity index (χ0v) is 18.2. The quantitative estimate of drug-likeness (QED) is 0.663. The molecule has 1 amide bonds. The van der Waals surface area contributed by atoms with Crippen LogP contribution < -0.4 is 24.8 Å². The molecule has 0 bridgehead atoms. The zero-order chi connectivity index (χ0) is 21.6. The van der Waals surface area contributed by atoms with Crippen molar-refractivity contribution in [1.29, 1.82) is 0 Å². The Morgan fingerprint density at radius 2 is 1.62 bits per heavy atom. The van der Waals surface area contributed by atoms with Crippen molar-refractivity contribution >= 4 is 11.7 Å². The fraction of sp³-hybridized carbons (Fsp3) is 0.476. The Labute approximate surface area is 172 Å². The number of carbonyl (C=O) groups excluding carboxylic acids is 1. The van der Waals surface area contributed by atoms with Crippen LogP contribution in [0, 0.1) is 6.92 Å². The van der Waals surface area contributed by atoms with Crippen LogP contribution in [-0.4, -0.2) is 50.3 Å². The van der Waals surface area contributed by atoms with Crippen LogP contribution >= 0.6 is 0 Å². The van der Waals surface area contributed by atoms with Gasteiger partial charge in [-0.1, -0.05) is 13.8 Å². The molecule has 0 unspecified atom stereocenters. The number of hydrogen-bond donors (Lipinski definition) is 2. The van der Waals surface area contributed by atoms with Gasteiger partial charge in [0.15, 0.2) is 5.82 Å². The van der Waals surface area contributed by atoms with Crippen LogP contribution in [0.15, 0.2) is 12.1 Å². The van der Waals surface area contributed by atoms with Gasteiger partial charge in [0, 0.05) is 18.7 Å². The molecule has 2 N–H and O–H groups in total. The molecule has 0 spiro atoms. The fourth-order valence-electron chi connectivity index (χ4n) is 3.08. The number of hydrogen-bond acceptors (Lipinski definition) is 7. The first-order chi connectivity index (χ1) is 13.9. The smallest absolute Gasteiger partial charge is 0.257 e. The molecule has 158 valence electrons. The zero-order valence-electron chi connectivity index (χ0n) is 18.2. The van der Waals surface area contributed by atoms with Gasteiger partial charge >= 0.3 is 0 Å². The number of aryl methyl sites for hydroxylation is 1. The van der Waals surface area contributed by atoms with Crippen LogP contribution in [0.25, 0.3) is 11.3 Å². The van der Waals surface area contributed by atoms with Gasteiger partial charge < -0.3 is 24.8 Å². The van der Waals surface area contributed by atoms with E-state index in [-0.39, 0.29) is 11.9 Å². The summed E-state index contributed by atoms with van der Waals surface area (Å²) >= 11 is 0. The summed E-state index contributed by atoms with van der Waals surface area (Å²) in [5.74, 6) is 1.67. The van der Waals surface area contributed by atoms with Crippen LogP contribution in [-0.2, 0) is 0 Å². The Bertz CT molecular complexity index is 841. The maximum atomic E-state index is 12.1. The summed E-state index contributed by atoms with van der Waals surface area (Å²) in [6.07, 6.45) is 1.93. The molecule has 2 aromatic rings. The molecule has 1 aromatic carbocycles. The molecule has 1 aromatic heterocycles. The van der Waals surface area contributed by atoms with Crippen molar-refractivity contribution in [3.63, 3.8) is 0 Å². The average molecular weight is 402 g/mol. The summed E-state index contributed by atoms with van der Waals surface area (Å²) < 4.78 is 16.6. The van der Waals surface area contributed by atoms with E-state index in [0.717, 1.165) is 12.8 Å². The van der Waals surface area contributed by atoms with E-state index in [0.29, 0.717) is 45.7 Å². The van der Waals surface area contributed by atoms with Gasteiger partial charge in [0.2, 0.25) is 0 Å². The number of carbonyl (C=O) groups is 1. The summed E-state index contributed by atoms with van der Waals surface area (Å²) in [4.78, 5) is 21.5. The highest BCUT2D eigenvalue weighted by atomic mass is 16.5.